The minimum atomic E-state index is -0.399. The van der Waals surface area contributed by atoms with Crippen molar-refractivity contribution in [1.82, 2.24) is 9.97 Å². The van der Waals surface area contributed by atoms with E-state index >= 15 is 0 Å². The fraction of sp³-hybridized carbons (Fsp3) is 0.263. The van der Waals surface area contributed by atoms with Crippen LogP contribution in [0.25, 0.3) is 10.9 Å². The minimum Gasteiger partial charge on any atom is -0.497 e. The lowest BCUT2D eigenvalue weighted by atomic mass is 10.0. The zero-order chi connectivity index (χ0) is 17.6. The van der Waals surface area contributed by atoms with E-state index in [2.05, 4.69) is 9.97 Å². The normalized spacial score (nSPS) is 12.1. The predicted molar refractivity (Wildman–Crippen MR) is 95.9 cm³/mol. The average Bonchev–Trinajstić information content (AvgIpc) is 2.67. The summed E-state index contributed by atoms with van der Waals surface area (Å²) < 4.78 is 15.8. The number of para-hydroxylation sites is 1. The van der Waals surface area contributed by atoms with E-state index in [-0.39, 0.29) is 0 Å². The van der Waals surface area contributed by atoms with Crippen molar-refractivity contribution in [3.05, 3.63) is 59.8 Å². The third kappa shape index (κ3) is 3.87. The lowest BCUT2D eigenvalue weighted by Crippen LogP contribution is -2.16. The number of fused-ring (bicyclic) bond motifs is 1. The second kappa shape index (κ2) is 7.92. The molecule has 0 fully saturated rings. The van der Waals surface area contributed by atoms with Crippen LogP contribution in [-0.4, -0.2) is 37.4 Å². The van der Waals surface area contributed by atoms with Gasteiger partial charge in [-0.15, -0.1) is 0 Å². The van der Waals surface area contributed by atoms with Crippen molar-refractivity contribution < 1.29 is 14.2 Å². The van der Waals surface area contributed by atoms with Gasteiger partial charge in [0.1, 0.15) is 12.4 Å². The van der Waals surface area contributed by atoms with Gasteiger partial charge in [-0.3, -0.25) is 0 Å². The van der Waals surface area contributed by atoms with Crippen LogP contribution in [0.15, 0.2) is 48.5 Å². The van der Waals surface area contributed by atoms with Crippen molar-refractivity contribution >= 4 is 10.9 Å². The van der Waals surface area contributed by atoms with Gasteiger partial charge in [-0.25, -0.2) is 0 Å². The smallest absolute Gasteiger partial charge is 0.317 e. The summed E-state index contributed by atoms with van der Waals surface area (Å²) in [6, 6.07) is 15.3. The number of rotatable bonds is 7. The molecule has 6 nitrogen and oxygen atoms in total. The molecule has 1 heterocycles. The molecule has 2 N–H and O–H groups in total. The summed E-state index contributed by atoms with van der Waals surface area (Å²) in [4.78, 5) is 8.99. The molecule has 6 heteroatoms. The standard InChI is InChI=1S/C19H21N3O3/c1-23-11-12-25-19-21-16-6-4-3-5-15(16)18(22-19)17(20)13-7-9-14(24-2)10-8-13/h3-10,17H,11-12,20H2,1-2H3. The maximum atomic E-state index is 6.49. The van der Waals surface area contributed by atoms with Crippen LogP contribution in [0.3, 0.4) is 0 Å². The molecule has 0 bridgehead atoms. The second-order valence-electron chi connectivity index (χ2n) is 5.50. The van der Waals surface area contributed by atoms with Crippen molar-refractivity contribution in [3.63, 3.8) is 0 Å². The molecule has 3 aromatic rings. The second-order valence-corrected chi connectivity index (χ2v) is 5.50. The van der Waals surface area contributed by atoms with Crippen LogP contribution in [0.1, 0.15) is 17.3 Å². The molecular formula is C19H21N3O3. The number of ether oxygens (including phenoxy) is 3. The van der Waals surface area contributed by atoms with Gasteiger partial charge >= 0.3 is 6.01 Å². The first-order valence-corrected chi connectivity index (χ1v) is 8.01. The molecule has 1 unspecified atom stereocenters. The number of methoxy groups -OCH3 is 2. The number of hydrogen-bond donors (Lipinski definition) is 1. The van der Waals surface area contributed by atoms with Gasteiger partial charge in [-0.05, 0) is 23.8 Å². The monoisotopic (exact) mass is 339 g/mol. The van der Waals surface area contributed by atoms with Crippen molar-refractivity contribution in [2.75, 3.05) is 27.4 Å². The number of hydrogen-bond acceptors (Lipinski definition) is 6. The Morgan fingerprint density at radius 3 is 2.44 bits per heavy atom. The van der Waals surface area contributed by atoms with E-state index in [1.165, 1.54) is 0 Å². The zero-order valence-electron chi connectivity index (χ0n) is 14.3. The first-order chi connectivity index (χ1) is 12.2. The molecule has 0 saturated heterocycles. The molecule has 2 aromatic carbocycles. The van der Waals surface area contributed by atoms with Crippen LogP contribution in [0, 0.1) is 0 Å². The molecule has 0 aliphatic carbocycles. The van der Waals surface area contributed by atoms with Crippen LogP contribution in [0.2, 0.25) is 0 Å². The van der Waals surface area contributed by atoms with Gasteiger partial charge in [-0.2, -0.15) is 9.97 Å². The van der Waals surface area contributed by atoms with Gasteiger partial charge in [0.05, 0.1) is 31.0 Å². The third-order valence-corrected chi connectivity index (χ3v) is 3.90. The van der Waals surface area contributed by atoms with Crippen LogP contribution >= 0.6 is 0 Å². The summed E-state index contributed by atoms with van der Waals surface area (Å²) in [5.74, 6) is 0.784. The zero-order valence-corrected chi connectivity index (χ0v) is 14.3. The van der Waals surface area contributed by atoms with Crippen molar-refractivity contribution in [3.8, 4) is 11.8 Å². The van der Waals surface area contributed by atoms with Gasteiger partial charge in [0.2, 0.25) is 0 Å². The summed E-state index contributed by atoms with van der Waals surface area (Å²) in [7, 11) is 3.26. The Morgan fingerprint density at radius 2 is 1.72 bits per heavy atom. The Morgan fingerprint density at radius 1 is 0.960 bits per heavy atom. The van der Waals surface area contributed by atoms with Crippen LogP contribution in [-0.2, 0) is 4.74 Å². The Labute approximate surface area is 146 Å². The molecule has 130 valence electrons. The summed E-state index contributed by atoms with van der Waals surface area (Å²) in [6.07, 6.45) is 0. The maximum absolute atomic E-state index is 6.49. The van der Waals surface area contributed by atoms with Gasteiger partial charge in [0.15, 0.2) is 0 Å². The van der Waals surface area contributed by atoms with Gasteiger partial charge in [0.25, 0.3) is 0 Å². The van der Waals surface area contributed by atoms with Crippen LogP contribution in [0.4, 0.5) is 0 Å². The molecule has 0 spiro atoms. The first-order valence-electron chi connectivity index (χ1n) is 8.01. The highest BCUT2D eigenvalue weighted by molar-refractivity contribution is 5.82. The number of nitrogens with zero attached hydrogens (tertiary/aromatic N) is 2. The Balaban J connectivity index is 1.99. The fourth-order valence-electron chi connectivity index (χ4n) is 2.57. The van der Waals surface area contributed by atoms with Gasteiger partial charge in [0, 0.05) is 12.5 Å². The quantitative estimate of drug-likeness (QED) is 0.667. The fourth-order valence-corrected chi connectivity index (χ4v) is 2.57. The van der Waals surface area contributed by atoms with Crippen molar-refractivity contribution in [2.24, 2.45) is 5.73 Å². The van der Waals surface area contributed by atoms with E-state index in [4.69, 9.17) is 19.9 Å². The van der Waals surface area contributed by atoms with E-state index in [1.54, 1.807) is 14.2 Å². The Bertz CT molecular complexity index is 837. The van der Waals surface area contributed by atoms with Gasteiger partial charge < -0.3 is 19.9 Å². The molecule has 0 aliphatic rings. The van der Waals surface area contributed by atoms with E-state index in [0.717, 1.165) is 27.9 Å². The third-order valence-electron chi connectivity index (χ3n) is 3.90. The Hall–Kier alpha value is -2.70. The Kier molecular flexibility index (Phi) is 5.42. The summed E-state index contributed by atoms with van der Waals surface area (Å²) in [5.41, 5.74) is 8.94. The first kappa shape index (κ1) is 17.1. The van der Waals surface area contributed by atoms with Crippen molar-refractivity contribution in [1.29, 1.82) is 0 Å². The van der Waals surface area contributed by atoms with E-state index in [0.29, 0.717) is 19.2 Å². The highest BCUT2D eigenvalue weighted by atomic mass is 16.5. The summed E-state index contributed by atoms with van der Waals surface area (Å²) >= 11 is 0. The molecule has 0 radical (unpaired) electrons. The van der Waals surface area contributed by atoms with Crippen molar-refractivity contribution in [2.45, 2.75) is 6.04 Å². The molecule has 0 aliphatic heterocycles. The molecule has 1 aromatic heterocycles. The average molecular weight is 339 g/mol. The topological polar surface area (TPSA) is 79.5 Å². The SMILES string of the molecule is COCCOc1nc(C(N)c2ccc(OC)cc2)c2ccccc2n1. The highest BCUT2D eigenvalue weighted by Crippen LogP contribution is 2.27. The highest BCUT2D eigenvalue weighted by Gasteiger charge is 2.17. The molecule has 3 rings (SSSR count). The molecule has 0 saturated carbocycles. The maximum Gasteiger partial charge on any atom is 0.317 e. The number of nitrogens with two attached hydrogens (primary N) is 1. The van der Waals surface area contributed by atoms with Crippen LogP contribution < -0.4 is 15.2 Å². The lowest BCUT2D eigenvalue weighted by Gasteiger charge is -2.16. The molecule has 25 heavy (non-hydrogen) atoms. The minimum absolute atomic E-state index is 0.301. The number of aromatic nitrogens is 2. The molecular weight excluding hydrogens is 318 g/mol. The van der Waals surface area contributed by atoms with E-state index in [1.807, 2.05) is 48.5 Å². The van der Waals surface area contributed by atoms with E-state index in [9.17, 15) is 0 Å². The molecule has 1 atom stereocenters. The number of benzene rings is 2. The van der Waals surface area contributed by atoms with Gasteiger partial charge in [-0.1, -0.05) is 30.3 Å². The lowest BCUT2D eigenvalue weighted by molar-refractivity contribution is 0.141. The summed E-state index contributed by atoms with van der Waals surface area (Å²) in [5, 5.41) is 0.907. The van der Waals surface area contributed by atoms with E-state index < -0.39 is 6.04 Å². The van der Waals surface area contributed by atoms with Crippen LogP contribution in [0.5, 0.6) is 11.8 Å². The predicted octanol–water partition coefficient (Wildman–Crippen LogP) is 2.71. The summed E-state index contributed by atoms with van der Waals surface area (Å²) in [6.45, 7) is 0.849. The molecule has 0 amide bonds. The largest absolute Gasteiger partial charge is 0.497 e.